The number of furan rings is 1. The minimum atomic E-state index is -0.795. The van der Waals surface area contributed by atoms with Crippen LogP contribution < -0.4 is 16.0 Å². The molecule has 0 atom stereocenters. The van der Waals surface area contributed by atoms with E-state index in [4.69, 9.17) is 4.42 Å². The molecule has 0 saturated heterocycles. The van der Waals surface area contributed by atoms with E-state index in [-0.39, 0.29) is 23.7 Å². The largest absolute Gasteiger partial charge is 0.467 e. The topological polar surface area (TPSA) is 100 Å². The highest BCUT2D eigenvalue weighted by molar-refractivity contribution is 6.40. The van der Waals surface area contributed by atoms with E-state index >= 15 is 0 Å². The van der Waals surface area contributed by atoms with Crippen LogP contribution in [0.3, 0.4) is 0 Å². The lowest BCUT2D eigenvalue weighted by molar-refractivity contribution is -0.136. The van der Waals surface area contributed by atoms with E-state index in [9.17, 15) is 14.4 Å². The van der Waals surface area contributed by atoms with Crippen LogP contribution in [0.15, 0.2) is 47.1 Å². The molecule has 144 valence electrons. The van der Waals surface area contributed by atoms with Gasteiger partial charge in [0.25, 0.3) is 5.91 Å². The number of unbranched alkanes of at least 4 members (excludes halogenated alkanes) is 3. The number of nitrogens with one attached hydrogen (secondary N) is 3. The second-order valence-corrected chi connectivity index (χ2v) is 6.08. The molecule has 0 fully saturated rings. The molecule has 2 aromatic rings. The van der Waals surface area contributed by atoms with Gasteiger partial charge in [0.2, 0.25) is 0 Å². The van der Waals surface area contributed by atoms with Crippen molar-refractivity contribution in [1.29, 1.82) is 0 Å². The van der Waals surface area contributed by atoms with Crippen LogP contribution in [0.1, 0.15) is 48.7 Å². The van der Waals surface area contributed by atoms with Crippen molar-refractivity contribution in [1.82, 2.24) is 10.6 Å². The first-order valence-electron chi connectivity index (χ1n) is 9.10. The van der Waals surface area contributed by atoms with Crippen molar-refractivity contribution in [3.8, 4) is 0 Å². The summed E-state index contributed by atoms with van der Waals surface area (Å²) in [5.41, 5.74) is 0.550. The molecule has 0 bridgehead atoms. The Morgan fingerprint density at radius 2 is 1.74 bits per heavy atom. The minimum Gasteiger partial charge on any atom is -0.467 e. The van der Waals surface area contributed by atoms with Crippen molar-refractivity contribution in [2.75, 3.05) is 11.9 Å². The van der Waals surface area contributed by atoms with Crippen LogP contribution in [0.5, 0.6) is 0 Å². The van der Waals surface area contributed by atoms with Crippen molar-refractivity contribution >= 4 is 23.4 Å². The van der Waals surface area contributed by atoms with Gasteiger partial charge in [-0.15, -0.1) is 0 Å². The maximum Gasteiger partial charge on any atom is 0.313 e. The average Bonchev–Trinajstić information content (AvgIpc) is 3.19. The van der Waals surface area contributed by atoms with E-state index in [0.717, 1.165) is 25.7 Å². The zero-order valence-corrected chi connectivity index (χ0v) is 15.4. The molecule has 0 spiro atoms. The maximum absolute atomic E-state index is 12.4. The molecule has 7 heteroatoms. The Morgan fingerprint density at radius 3 is 2.48 bits per heavy atom. The Hall–Kier alpha value is -3.09. The fourth-order valence-electron chi connectivity index (χ4n) is 2.48. The quantitative estimate of drug-likeness (QED) is 0.466. The van der Waals surface area contributed by atoms with Gasteiger partial charge >= 0.3 is 11.8 Å². The lowest BCUT2D eigenvalue weighted by Gasteiger charge is -2.11. The summed E-state index contributed by atoms with van der Waals surface area (Å²) in [5.74, 6) is -1.26. The van der Waals surface area contributed by atoms with Gasteiger partial charge in [0.1, 0.15) is 5.76 Å². The SMILES string of the molecule is CCCCCCNC(=O)C(=O)Nc1ccccc1C(=O)NCc1ccco1. The first-order chi connectivity index (χ1) is 13.1. The highest BCUT2D eigenvalue weighted by atomic mass is 16.3. The second-order valence-electron chi connectivity index (χ2n) is 6.08. The lowest BCUT2D eigenvalue weighted by Crippen LogP contribution is -2.36. The summed E-state index contributed by atoms with van der Waals surface area (Å²) in [6.07, 6.45) is 5.57. The number of para-hydroxylation sites is 1. The molecule has 1 aromatic heterocycles. The molecule has 1 heterocycles. The fraction of sp³-hybridized carbons (Fsp3) is 0.350. The molecule has 0 aliphatic rings. The van der Waals surface area contributed by atoms with Crippen LogP contribution >= 0.6 is 0 Å². The van der Waals surface area contributed by atoms with E-state index in [1.165, 1.54) is 6.26 Å². The maximum atomic E-state index is 12.4. The monoisotopic (exact) mass is 371 g/mol. The Kier molecular flexibility index (Phi) is 8.09. The smallest absolute Gasteiger partial charge is 0.313 e. The van der Waals surface area contributed by atoms with Gasteiger partial charge < -0.3 is 20.4 Å². The average molecular weight is 371 g/mol. The fourth-order valence-corrected chi connectivity index (χ4v) is 2.48. The summed E-state index contributed by atoms with van der Waals surface area (Å²) < 4.78 is 5.17. The Morgan fingerprint density at radius 1 is 0.926 bits per heavy atom. The number of amides is 3. The summed E-state index contributed by atoms with van der Waals surface area (Å²) in [7, 11) is 0. The first kappa shape index (κ1) is 20.2. The second kappa shape index (κ2) is 10.8. The molecule has 3 N–H and O–H groups in total. The lowest BCUT2D eigenvalue weighted by atomic mass is 10.1. The van der Waals surface area contributed by atoms with E-state index in [0.29, 0.717) is 12.3 Å². The molecule has 1 aromatic carbocycles. The molecular weight excluding hydrogens is 346 g/mol. The number of carbonyl (C=O) groups is 3. The number of rotatable bonds is 9. The molecular formula is C20H25N3O4. The normalized spacial score (nSPS) is 10.3. The van der Waals surface area contributed by atoms with Gasteiger partial charge in [-0.2, -0.15) is 0 Å². The molecule has 7 nitrogen and oxygen atoms in total. The molecule has 2 rings (SSSR count). The third kappa shape index (κ3) is 6.62. The Bertz CT molecular complexity index is 756. The van der Waals surface area contributed by atoms with Crippen molar-refractivity contribution in [3.63, 3.8) is 0 Å². The minimum absolute atomic E-state index is 0.229. The molecule has 0 aliphatic heterocycles. The van der Waals surface area contributed by atoms with Crippen LogP contribution in [0.25, 0.3) is 0 Å². The van der Waals surface area contributed by atoms with Gasteiger partial charge in [-0.3, -0.25) is 14.4 Å². The van der Waals surface area contributed by atoms with E-state index in [1.807, 2.05) is 0 Å². The third-order valence-corrected chi connectivity index (χ3v) is 3.95. The Balaban J connectivity index is 1.89. The molecule has 3 amide bonds. The van der Waals surface area contributed by atoms with Gasteiger partial charge in [0.15, 0.2) is 0 Å². The third-order valence-electron chi connectivity index (χ3n) is 3.95. The van der Waals surface area contributed by atoms with E-state index in [1.54, 1.807) is 36.4 Å². The number of carbonyl (C=O) groups excluding carboxylic acids is 3. The number of hydrogen-bond donors (Lipinski definition) is 3. The number of anilines is 1. The highest BCUT2D eigenvalue weighted by Crippen LogP contribution is 2.15. The van der Waals surface area contributed by atoms with Crippen LogP contribution in [-0.4, -0.2) is 24.3 Å². The summed E-state index contributed by atoms with van der Waals surface area (Å²) in [5, 5.41) is 7.80. The summed E-state index contributed by atoms with van der Waals surface area (Å²) in [6, 6.07) is 10.0. The van der Waals surface area contributed by atoms with Crippen LogP contribution in [0.2, 0.25) is 0 Å². The number of hydrogen-bond acceptors (Lipinski definition) is 4. The van der Waals surface area contributed by atoms with Crippen molar-refractivity contribution < 1.29 is 18.8 Å². The van der Waals surface area contributed by atoms with Crippen LogP contribution in [-0.2, 0) is 16.1 Å². The molecule has 27 heavy (non-hydrogen) atoms. The molecule has 0 saturated carbocycles. The van der Waals surface area contributed by atoms with Gasteiger partial charge in [-0.1, -0.05) is 38.3 Å². The van der Waals surface area contributed by atoms with E-state index in [2.05, 4.69) is 22.9 Å². The van der Waals surface area contributed by atoms with Gasteiger partial charge in [0.05, 0.1) is 24.1 Å². The standard InChI is InChI=1S/C20H25N3O4/c1-2-3-4-7-12-21-19(25)20(26)23-17-11-6-5-10-16(17)18(24)22-14-15-9-8-13-27-15/h5-6,8-11,13H,2-4,7,12,14H2,1H3,(H,21,25)(H,22,24)(H,23,26). The summed E-state index contributed by atoms with van der Waals surface area (Å²) in [6.45, 7) is 2.79. The predicted octanol–water partition coefficient (Wildman–Crippen LogP) is 2.84. The van der Waals surface area contributed by atoms with Crippen LogP contribution in [0, 0.1) is 0 Å². The predicted molar refractivity (Wildman–Crippen MR) is 102 cm³/mol. The highest BCUT2D eigenvalue weighted by Gasteiger charge is 2.17. The zero-order valence-electron chi connectivity index (χ0n) is 15.4. The summed E-state index contributed by atoms with van der Waals surface area (Å²) >= 11 is 0. The van der Waals surface area contributed by atoms with Crippen molar-refractivity contribution in [2.45, 2.75) is 39.2 Å². The zero-order chi connectivity index (χ0) is 19.5. The van der Waals surface area contributed by atoms with E-state index < -0.39 is 11.8 Å². The Labute approximate surface area is 158 Å². The van der Waals surface area contributed by atoms with Gasteiger partial charge in [0, 0.05) is 6.54 Å². The van der Waals surface area contributed by atoms with Crippen LogP contribution in [0.4, 0.5) is 5.69 Å². The number of benzene rings is 1. The molecule has 0 radical (unpaired) electrons. The molecule has 0 aliphatic carbocycles. The molecule has 0 unspecified atom stereocenters. The van der Waals surface area contributed by atoms with Gasteiger partial charge in [-0.05, 0) is 30.7 Å². The first-order valence-corrected chi connectivity index (χ1v) is 9.10. The van der Waals surface area contributed by atoms with Crippen molar-refractivity contribution in [3.05, 3.63) is 54.0 Å². The summed E-state index contributed by atoms with van der Waals surface area (Å²) in [4.78, 5) is 36.4. The van der Waals surface area contributed by atoms with Gasteiger partial charge in [-0.25, -0.2) is 0 Å². The van der Waals surface area contributed by atoms with Crippen molar-refractivity contribution in [2.24, 2.45) is 0 Å².